The van der Waals surface area contributed by atoms with Gasteiger partial charge in [0.15, 0.2) is 5.69 Å². The van der Waals surface area contributed by atoms with E-state index in [4.69, 9.17) is 0 Å². The summed E-state index contributed by atoms with van der Waals surface area (Å²) in [6.07, 6.45) is 0. The van der Waals surface area contributed by atoms with Crippen LogP contribution in [0.1, 0.15) is 33.5 Å². The van der Waals surface area contributed by atoms with Gasteiger partial charge in [0.1, 0.15) is 6.07 Å². The van der Waals surface area contributed by atoms with Crippen LogP contribution in [0.2, 0.25) is 0 Å². The van der Waals surface area contributed by atoms with E-state index in [2.05, 4.69) is 88.3 Å². The van der Waals surface area contributed by atoms with Crippen LogP contribution in [0, 0.1) is 45.9 Å². The highest BCUT2D eigenvalue weighted by molar-refractivity contribution is 6.19. The SMILES string of the molecule is Cc1cc(C)c(-c2cccc3c2c2cc(C)cc(C)c2c2cc(C#N)nn23)c(C)c1. The number of aromatic nitrogens is 2. The van der Waals surface area contributed by atoms with Crippen LogP contribution < -0.4 is 0 Å². The number of pyridine rings is 1. The van der Waals surface area contributed by atoms with E-state index in [0.29, 0.717) is 5.69 Å². The maximum absolute atomic E-state index is 9.50. The van der Waals surface area contributed by atoms with Gasteiger partial charge in [-0.15, -0.1) is 0 Å². The van der Waals surface area contributed by atoms with Gasteiger partial charge in [0.2, 0.25) is 0 Å². The average Bonchev–Trinajstić information content (AvgIpc) is 3.11. The van der Waals surface area contributed by atoms with Crippen molar-refractivity contribution in [3.8, 4) is 17.2 Å². The summed E-state index contributed by atoms with van der Waals surface area (Å²) in [4.78, 5) is 0. The summed E-state index contributed by atoms with van der Waals surface area (Å²) in [5.41, 5.74) is 11.2. The van der Waals surface area contributed by atoms with E-state index in [1.165, 1.54) is 49.7 Å². The maximum Gasteiger partial charge on any atom is 0.163 e. The Kier molecular flexibility index (Phi) is 3.95. The van der Waals surface area contributed by atoms with E-state index in [1.54, 1.807) is 0 Å². The lowest BCUT2D eigenvalue weighted by Crippen LogP contribution is -1.98. The molecule has 0 saturated carbocycles. The molecular formula is C27H23N3. The molecule has 0 aliphatic carbocycles. The van der Waals surface area contributed by atoms with Gasteiger partial charge >= 0.3 is 0 Å². The summed E-state index contributed by atoms with van der Waals surface area (Å²) < 4.78 is 1.95. The lowest BCUT2D eigenvalue weighted by molar-refractivity contribution is 0.994. The largest absolute Gasteiger partial charge is 0.231 e. The van der Waals surface area contributed by atoms with Crippen molar-refractivity contribution in [1.82, 2.24) is 9.61 Å². The predicted octanol–water partition coefficient (Wildman–Crippen LogP) is 6.72. The Morgan fingerprint density at radius 3 is 2.13 bits per heavy atom. The molecule has 2 heterocycles. The molecule has 3 heteroatoms. The average molecular weight is 390 g/mol. The number of benzene rings is 3. The quantitative estimate of drug-likeness (QED) is 0.299. The summed E-state index contributed by atoms with van der Waals surface area (Å²) in [7, 11) is 0. The van der Waals surface area contributed by atoms with Crippen LogP contribution in [0.25, 0.3) is 38.3 Å². The molecule has 0 unspecified atom stereocenters. The van der Waals surface area contributed by atoms with E-state index in [-0.39, 0.29) is 0 Å². The van der Waals surface area contributed by atoms with Crippen molar-refractivity contribution in [3.63, 3.8) is 0 Å². The Labute approximate surface area is 176 Å². The minimum Gasteiger partial charge on any atom is -0.231 e. The number of nitriles is 1. The van der Waals surface area contributed by atoms with Crippen LogP contribution >= 0.6 is 0 Å². The third-order valence-electron chi connectivity index (χ3n) is 6.05. The molecule has 0 aliphatic heterocycles. The van der Waals surface area contributed by atoms with Crippen LogP contribution in [0.3, 0.4) is 0 Å². The smallest absolute Gasteiger partial charge is 0.163 e. The van der Waals surface area contributed by atoms with Crippen LogP contribution in [0.5, 0.6) is 0 Å². The molecule has 0 N–H and O–H groups in total. The van der Waals surface area contributed by atoms with Crippen molar-refractivity contribution < 1.29 is 0 Å². The molecule has 0 radical (unpaired) electrons. The number of hydrogen-bond acceptors (Lipinski definition) is 2. The van der Waals surface area contributed by atoms with Crippen molar-refractivity contribution >= 4 is 27.2 Å². The summed E-state index contributed by atoms with van der Waals surface area (Å²) >= 11 is 0. The van der Waals surface area contributed by atoms with E-state index in [9.17, 15) is 5.26 Å². The summed E-state index contributed by atoms with van der Waals surface area (Å²) in [6, 6.07) is 19.5. The summed E-state index contributed by atoms with van der Waals surface area (Å²) in [5, 5.41) is 17.7. The van der Waals surface area contributed by atoms with Gasteiger partial charge in [0.25, 0.3) is 0 Å². The van der Waals surface area contributed by atoms with E-state index < -0.39 is 0 Å². The fraction of sp³-hybridized carbons (Fsp3) is 0.185. The maximum atomic E-state index is 9.50. The molecule has 2 aromatic heterocycles. The zero-order chi connectivity index (χ0) is 21.2. The number of nitrogens with zero attached hydrogens (tertiary/aromatic N) is 3. The second-order valence-corrected chi connectivity index (χ2v) is 8.42. The van der Waals surface area contributed by atoms with Crippen LogP contribution in [0.4, 0.5) is 0 Å². The standard InChI is InChI=1S/C27H23N3/c1-15-9-17(3)25(18(4)10-15)21-7-6-8-23-27(21)22-12-16(2)11-19(5)26(22)24-13-20(14-28)29-30(23)24/h6-13H,1-5H3. The normalized spacial score (nSPS) is 11.5. The lowest BCUT2D eigenvalue weighted by atomic mass is 9.88. The van der Waals surface area contributed by atoms with Gasteiger partial charge in [-0.25, -0.2) is 4.52 Å². The number of fused-ring (bicyclic) bond motifs is 6. The van der Waals surface area contributed by atoms with Gasteiger partial charge in [0, 0.05) is 16.8 Å². The molecule has 3 aromatic carbocycles. The van der Waals surface area contributed by atoms with Gasteiger partial charge in [-0.3, -0.25) is 0 Å². The van der Waals surface area contributed by atoms with Crippen LogP contribution in [0.15, 0.2) is 48.5 Å². The predicted molar refractivity (Wildman–Crippen MR) is 124 cm³/mol. The second-order valence-electron chi connectivity index (χ2n) is 8.42. The Morgan fingerprint density at radius 1 is 0.767 bits per heavy atom. The van der Waals surface area contributed by atoms with Gasteiger partial charge in [-0.2, -0.15) is 10.4 Å². The van der Waals surface area contributed by atoms with E-state index in [0.717, 1.165) is 16.4 Å². The van der Waals surface area contributed by atoms with Crippen LogP contribution in [-0.4, -0.2) is 9.61 Å². The van der Waals surface area contributed by atoms with Gasteiger partial charge < -0.3 is 0 Å². The highest BCUT2D eigenvalue weighted by atomic mass is 15.2. The monoisotopic (exact) mass is 389 g/mol. The van der Waals surface area contributed by atoms with Crippen LogP contribution in [-0.2, 0) is 0 Å². The zero-order valence-electron chi connectivity index (χ0n) is 18.0. The third kappa shape index (κ3) is 2.54. The Bertz CT molecular complexity index is 1520. The molecule has 0 saturated heterocycles. The number of hydrogen-bond donors (Lipinski definition) is 0. The van der Waals surface area contributed by atoms with Crippen molar-refractivity contribution in [3.05, 3.63) is 82.0 Å². The van der Waals surface area contributed by atoms with Gasteiger partial charge in [0.05, 0.1) is 11.0 Å². The Hall–Kier alpha value is -3.64. The second kappa shape index (κ2) is 6.43. The Morgan fingerprint density at radius 2 is 1.43 bits per heavy atom. The van der Waals surface area contributed by atoms with Gasteiger partial charge in [-0.05, 0) is 73.9 Å². The first-order chi connectivity index (χ1) is 14.4. The highest BCUT2D eigenvalue weighted by Gasteiger charge is 2.18. The minimum atomic E-state index is 0.442. The molecule has 0 amide bonds. The van der Waals surface area contributed by atoms with Gasteiger partial charge in [-0.1, -0.05) is 47.5 Å². The highest BCUT2D eigenvalue weighted by Crippen LogP contribution is 2.40. The molecule has 0 bridgehead atoms. The van der Waals surface area contributed by atoms with E-state index in [1.807, 2.05) is 10.6 Å². The molecule has 0 fully saturated rings. The molecule has 5 rings (SSSR count). The van der Waals surface area contributed by atoms with Crippen molar-refractivity contribution in [2.24, 2.45) is 0 Å². The summed E-state index contributed by atoms with van der Waals surface area (Å²) in [6.45, 7) is 10.8. The topological polar surface area (TPSA) is 41.1 Å². The van der Waals surface area contributed by atoms with Crippen molar-refractivity contribution in [1.29, 1.82) is 5.26 Å². The third-order valence-corrected chi connectivity index (χ3v) is 6.05. The number of rotatable bonds is 1. The van der Waals surface area contributed by atoms with E-state index >= 15 is 0 Å². The first kappa shape index (κ1) is 18.4. The lowest BCUT2D eigenvalue weighted by Gasteiger charge is -2.18. The molecule has 0 aliphatic rings. The van der Waals surface area contributed by atoms with Crippen molar-refractivity contribution in [2.45, 2.75) is 34.6 Å². The Balaban J connectivity index is 2.09. The minimum absolute atomic E-state index is 0.442. The number of aryl methyl sites for hydroxylation is 5. The summed E-state index contributed by atoms with van der Waals surface area (Å²) in [5.74, 6) is 0. The fourth-order valence-electron chi connectivity index (χ4n) is 5.12. The fourth-order valence-corrected chi connectivity index (χ4v) is 5.12. The van der Waals surface area contributed by atoms with Crippen molar-refractivity contribution in [2.75, 3.05) is 0 Å². The molecule has 0 atom stereocenters. The first-order valence-corrected chi connectivity index (χ1v) is 10.2. The molecular weight excluding hydrogens is 366 g/mol. The molecule has 30 heavy (non-hydrogen) atoms. The zero-order valence-corrected chi connectivity index (χ0v) is 18.0. The molecule has 3 nitrogen and oxygen atoms in total. The molecule has 5 aromatic rings. The molecule has 146 valence electrons. The first-order valence-electron chi connectivity index (χ1n) is 10.2. The molecule has 0 spiro atoms.